The Balaban J connectivity index is 1.89. The molecule has 1 amide bonds. The lowest BCUT2D eigenvalue weighted by Crippen LogP contribution is -2.42. The minimum atomic E-state index is 0.219. The van der Waals surface area contributed by atoms with Gasteiger partial charge in [0.15, 0.2) is 0 Å². The van der Waals surface area contributed by atoms with Gasteiger partial charge < -0.3 is 10.6 Å². The van der Waals surface area contributed by atoms with Gasteiger partial charge in [-0.25, -0.2) is 0 Å². The van der Waals surface area contributed by atoms with Gasteiger partial charge in [-0.2, -0.15) is 5.10 Å². The molecule has 0 saturated carbocycles. The third-order valence-electron chi connectivity index (χ3n) is 4.40. The Labute approximate surface area is 127 Å². The second-order valence-corrected chi connectivity index (χ2v) is 6.05. The van der Waals surface area contributed by atoms with Gasteiger partial charge in [0.1, 0.15) is 5.82 Å². The molecule has 0 unspecified atom stereocenters. The summed E-state index contributed by atoms with van der Waals surface area (Å²) in [6.07, 6.45) is 8.08. The van der Waals surface area contributed by atoms with Crippen LogP contribution in [0.5, 0.6) is 0 Å². The Hall–Kier alpha value is -1.52. The van der Waals surface area contributed by atoms with E-state index in [1.54, 1.807) is 0 Å². The maximum Gasteiger partial charge on any atom is 0.225 e. The van der Waals surface area contributed by atoms with Crippen molar-refractivity contribution in [3.63, 3.8) is 0 Å². The summed E-state index contributed by atoms with van der Waals surface area (Å²) in [6, 6.07) is 2.21. The molecule has 0 spiro atoms. The lowest BCUT2D eigenvalue weighted by atomic mass is 9.95. The summed E-state index contributed by atoms with van der Waals surface area (Å²) < 4.78 is 1.95. The number of carbonyl (C=O) groups is 1. The summed E-state index contributed by atoms with van der Waals surface area (Å²) in [7, 11) is 0. The molecule has 118 valence electrons. The lowest BCUT2D eigenvalue weighted by molar-refractivity contribution is -0.137. The van der Waals surface area contributed by atoms with Crippen LogP contribution >= 0.6 is 0 Å². The number of nitrogen functional groups attached to an aromatic ring is 1. The van der Waals surface area contributed by atoms with Crippen molar-refractivity contribution in [1.82, 2.24) is 14.7 Å². The molecule has 1 aliphatic heterocycles. The normalized spacial score (nSPS) is 16.6. The molecule has 0 radical (unpaired) electrons. The Morgan fingerprint density at radius 2 is 1.95 bits per heavy atom. The van der Waals surface area contributed by atoms with Gasteiger partial charge in [-0.05, 0) is 31.7 Å². The number of carbonyl (C=O) groups excluding carboxylic acids is 1. The number of likely N-dealkylation sites (tertiary alicyclic amines) is 1. The fourth-order valence-electron chi connectivity index (χ4n) is 3.25. The largest absolute Gasteiger partial charge is 0.382 e. The van der Waals surface area contributed by atoms with Gasteiger partial charge in [-0.15, -0.1) is 0 Å². The molecule has 5 nitrogen and oxygen atoms in total. The molecule has 1 aliphatic rings. The van der Waals surface area contributed by atoms with E-state index in [0.29, 0.717) is 17.8 Å². The van der Waals surface area contributed by atoms with Crippen LogP contribution in [0, 0.1) is 5.92 Å². The first-order valence-corrected chi connectivity index (χ1v) is 8.25. The predicted octanol–water partition coefficient (Wildman–Crippen LogP) is 2.85. The molecule has 0 aliphatic carbocycles. The van der Waals surface area contributed by atoms with Crippen LogP contribution in [0.2, 0.25) is 0 Å². The van der Waals surface area contributed by atoms with E-state index in [2.05, 4.69) is 23.8 Å². The monoisotopic (exact) mass is 292 g/mol. The van der Waals surface area contributed by atoms with Crippen molar-refractivity contribution >= 4 is 11.7 Å². The highest BCUT2D eigenvalue weighted by atomic mass is 16.2. The van der Waals surface area contributed by atoms with Crippen molar-refractivity contribution in [2.24, 2.45) is 5.92 Å². The van der Waals surface area contributed by atoms with Crippen molar-refractivity contribution in [3.05, 3.63) is 12.3 Å². The maximum atomic E-state index is 12.6. The van der Waals surface area contributed by atoms with Crippen LogP contribution in [0.1, 0.15) is 58.4 Å². The standard InChI is InChI=1S/C16H28N4O/c1-3-5-13(6-4-2)16(21)19-10-7-14(8-11-19)20-12-9-15(17)18-20/h9,12-14H,3-8,10-11H2,1-2H3,(H2,17,18). The van der Waals surface area contributed by atoms with E-state index in [1.807, 2.05) is 16.9 Å². The van der Waals surface area contributed by atoms with E-state index < -0.39 is 0 Å². The predicted molar refractivity (Wildman–Crippen MR) is 84.8 cm³/mol. The molecule has 1 aromatic heterocycles. The van der Waals surface area contributed by atoms with Crippen molar-refractivity contribution in [3.8, 4) is 0 Å². The zero-order valence-electron chi connectivity index (χ0n) is 13.3. The molecule has 2 N–H and O–H groups in total. The van der Waals surface area contributed by atoms with Gasteiger partial charge >= 0.3 is 0 Å². The van der Waals surface area contributed by atoms with Crippen LogP contribution in [0.3, 0.4) is 0 Å². The van der Waals surface area contributed by atoms with Crippen LogP contribution in [-0.2, 0) is 4.79 Å². The van der Waals surface area contributed by atoms with Gasteiger partial charge in [-0.1, -0.05) is 26.7 Å². The molecular formula is C16H28N4O. The summed E-state index contributed by atoms with van der Waals surface area (Å²) in [5.41, 5.74) is 5.67. The highest BCUT2D eigenvalue weighted by molar-refractivity contribution is 5.78. The van der Waals surface area contributed by atoms with Crippen molar-refractivity contribution in [1.29, 1.82) is 0 Å². The second-order valence-electron chi connectivity index (χ2n) is 6.05. The summed E-state index contributed by atoms with van der Waals surface area (Å²) in [5.74, 6) is 1.15. The first-order valence-electron chi connectivity index (χ1n) is 8.25. The van der Waals surface area contributed by atoms with Gasteiger partial charge in [0.25, 0.3) is 0 Å². The van der Waals surface area contributed by atoms with E-state index in [9.17, 15) is 4.79 Å². The summed E-state index contributed by atoms with van der Waals surface area (Å²) >= 11 is 0. The zero-order chi connectivity index (χ0) is 15.2. The fourth-order valence-corrected chi connectivity index (χ4v) is 3.25. The van der Waals surface area contributed by atoms with E-state index in [4.69, 9.17) is 5.73 Å². The Morgan fingerprint density at radius 3 is 2.43 bits per heavy atom. The molecule has 0 aromatic carbocycles. The van der Waals surface area contributed by atoms with Crippen LogP contribution in [0.25, 0.3) is 0 Å². The Morgan fingerprint density at radius 1 is 1.33 bits per heavy atom. The number of rotatable bonds is 6. The first-order chi connectivity index (χ1) is 10.2. The Bertz CT molecular complexity index is 443. The van der Waals surface area contributed by atoms with Gasteiger partial charge in [0.2, 0.25) is 5.91 Å². The van der Waals surface area contributed by atoms with E-state index in [0.717, 1.165) is 51.6 Å². The number of anilines is 1. The highest BCUT2D eigenvalue weighted by Gasteiger charge is 2.28. The van der Waals surface area contributed by atoms with E-state index >= 15 is 0 Å². The molecule has 2 rings (SSSR count). The number of nitrogens with two attached hydrogens (primary N) is 1. The van der Waals surface area contributed by atoms with Crippen LogP contribution < -0.4 is 5.73 Å². The van der Waals surface area contributed by atoms with Crippen LogP contribution in [-0.4, -0.2) is 33.7 Å². The summed E-state index contributed by atoms with van der Waals surface area (Å²) in [4.78, 5) is 14.7. The average Bonchev–Trinajstić information content (AvgIpc) is 2.93. The molecule has 0 atom stereocenters. The molecule has 0 bridgehead atoms. The minimum Gasteiger partial charge on any atom is -0.382 e. The third kappa shape index (κ3) is 3.99. The number of amides is 1. The molecular weight excluding hydrogens is 264 g/mol. The van der Waals surface area contributed by atoms with Crippen LogP contribution in [0.4, 0.5) is 5.82 Å². The average molecular weight is 292 g/mol. The Kier molecular flexibility index (Phi) is 5.65. The van der Waals surface area contributed by atoms with Gasteiger partial charge in [0.05, 0.1) is 6.04 Å². The smallest absolute Gasteiger partial charge is 0.225 e. The van der Waals surface area contributed by atoms with Crippen molar-refractivity contribution in [2.75, 3.05) is 18.8 Å². The fraction of sp³-hybridized carbons (Fsp3) is 0.750. The number of nitrogens with zero attached hydrogens (tertiary/aromatic N) is 3. The number of piperidine rings is 1. The van der Waals surface area contributed by atoms with E-state index in [-0.39, 0.29) is 5.92 Å². The second kappa shape index (κ2) is 7.48. The summed E-state index contributed by atoms with van der Waals surface area (Å²) in [6.45, 7) is 6.00. The van der Waals surface area contributed by atoms with E-state index in [1.165, 1.54) is 0 Å². The molecule has 1 saturated heterocycles. The lowest BCUT2D eigenvalue weighted by Gasteiger charge is -2.34. The maximum absolute atomic E-state index is 12.6. The molecule has 2 heterocycles. The first kappa shape index (κ1) is 15.9. The molecule has 5 heteroatoms. The molecule has 1 aromatic rings. The topological polar surface area (TPSA) is 64.2 Å². The van der Waals surface area contributed by atoms with Crippen LogP contribution in [0.15, 0.2) is 12.3 Å². The summed E-state index contributed by atoms with van der Waals surface area (Å²) in [5, 5.41) is 4.29. The van der Waals surface area contributed by atoms with Gasteiger partial charge in [0, 0.05) is 25.2 Å². The van der Waals surface area contributed by atoms with Crippen molar-refractivity contribution in [2.45, 2.75) is 58.4 Å². The zero-order valence-corrected chi connectivity index (χ0v) is 13.3. The molecule has 1 fully saturated rings. The quantitative estimate of drug-likeness (QED) is 0.877. The number of aromatic nitrogens is 2. The molecule has 21 heavy (non-hydrogen) atoms. The van der Waals surface area contributed by atoms with Crippen molar-refractivity contribution < 1.29 is 4.79 Å². The minimum absolute atomic E-state index is 0.219. The SMILES string of the molecule is CCCC(CCC)C(=O)N1CCC(n2ccc(N)n2)CC1. The van der Waals surface area contributed by atoms with Gasteiger partial charge in [-0.3, -0.25) is 9.48 Å². The highest BCUT2D eigenvalue weighted by Crippen LogP contribution is 2.25. The third-order valence-corrected chi connectivity index (χ3v) is 4.40. The number of hydrogen-bond donors (Lipinski definition) is 1. The number of hydrogen-bond acceptors (Lipinski definition) is 3.